The van der Waals surface area contributed by atoms with E-state index in [9.17, 15) is 0 Å². The van der Waals surface area contributed by atoms with Crippen molar-refractivity contribution in [3.8, 4) is 0 Å². The normalized spacial score (nSPS) is 12.9. The number of nitrogens with two attached hydrogens (primary N) is 1. The third kappa shape index (κ3) is 2.87. The molecule has 0 unspecified atom stereocenters. The van der Waals surface area contributed by atoms with Crippen LogP contribution < -0.4 is 5.73 Å². The first kappa shape index (κ1) is 10.8. The van der Waals surface area contributed by atoms with Crippen LogP contribution in [0.15, 0.2) is 18.2 Å². The number of benzene rings is 1. The SMILES string of the molecule is CC[C@H](CN)c1cc(Cl)cc(Cl)c1. The van der Waals surface area contributed by atoms with Gasteiger partial charge in [-0.2, -0.15) is 0 Å². The summed E-state index contributed by atoms with van der Waals surface area (Å²) in [7, 11) is 0. The molecule has 3 heteroatoms. The smallest absolute Gasteiger partial charge is 0.0423 e. The number of halogens is 2. The average Bonchev–Trinajstić information content (AvgIpc) is 2.04. The topological polar surface area (TPSA) is 26.0 Å². The molecule has 0 bridgehead atoms. The third-order valence-electron chi connectivity index (χ3n) is 2.13. The molecule has 1 aromatic carbocycles. The van der Waals surface area contributed by atoms with Crippen LogP contribution in [0, 0.1) is 0 Å². The van der Waals surface area contributed by atoms with Crippen molar-refractivity contribution < 1.29 is 0 Å². The summed E-state index contributed by atoms with van der Waals surface area (Å²) in [6.07, 6.45) is 1.01. The van der Waals surface area contributed by atoms with E-state index in [-0.39, 0.29) is 0 Å². The van der Waals surface area contributed by atoms with E-state index in [1.54, 1.807) is 6.07 Å². The van der Waals surface area contributed by atoms with Crippen molar-refractivity contribution in [2.45, 2.75) is 19.3 Å². The van der Waals surface area contributed by atoms with Crippen molar-refractivity contribution in [1.82, 2.24) is 0 Å². The molecule has 0 aliphatic heterocycles. The lowest BCUT2D eigenvalue weighted by molar-refractivity contribution is 0.674. The van der Waals surface area contributed by atoms with Crippen LogP contribution in [-0.2, 0) is 0 Å². The first-order chi connectivity index (χ1) is 6.17. The zero-order chi connectivity index (χ0) is 9.84. The van der Waals surface area contributed by atoms with Gasteiger partial charge in [0.05, 0.1) is 0 Å². The van der Waals surface area contributed by atoms with Crippen molar-refractivity contribution in [1.29, 1.82) is 0 Å². The molecule has 1 rings (SSSR count). The van der Waals surface area contributed by atoms with Crippen molar-refractivity contribution in [3.63, 3.8) is 0 Å². The van der Waals surface area contributed by atoms with Crippen LogP contribution in [0.4, 0.5) is 0 Å². The molecular formula is C10H13Cl2N. The monoisotopic (exact) mass is 217 g/mol. The maximum Gasteiger partial charge on any atom is 0.0423 e. The van der Waals surface area contributed by atoms with Gasteiger partial charge in [0.2, 0.25) is 0 Å². The van der Waals surface area contributed by atoms with Gasteiger partial charge >= 0.3 is 0 Å². The second-order valence-corrected chi connectivity index (χ2v) is 3.92. The molecule has 0 fully saturated rings. The van der Waals surface area contributed by atoms with Gasteiger partial charge in [-0.15, -0.1) is 0 Å². The van der Waals surface area contributed by atoms with Crippen molar-refractivity contribution >= 4 is 23.2 Å². The molecule has 0 radical (unpaired) electrons. The predicted octanol–water partition coefficient (Wildman–Crippen LogP) is 3.45. The van der Waals surface area contributed by atoms with Gasteiger partial charge < -0.3 is 5.73 Å². The number of hydrogen-bond acceptors (Lipinski definition) is 1. The Hall–Kier alpha value is -0.240. The summed E-state index contributed by atoms with van der Waals surface area (Å²) in [4.78, 5) is 0. The standard InChI is InChI=1S/C10H13Cl2N/c1-2-7(6-13)8-3-9(11)5-10(12)4-8/h3-5,7H,2,6,13H2,1H3/t7-/m1/s1. The highest BCUT2D eigenvalue weighted by atomic mass is 35.5. The van der Waals surface area contributed by atoms with Crippen LogP contribution >= 0.6 is 23.2 Å². The quantitative estimate of drug-likeness (QED) is 0.826. The van der Waals surface area contributed by atoms with Crippen LogP contribution in [0.1, 0.15) is 24.8 Å². The Morgan fingerprint density at radius 2 is 1.77 bits per heavy atom. The predicted molar refractivity (Wildman–Crippen MR) is 58.5 cm³/mol. The van der Waals surface area contributed by atoms with Gasteiger partial charge in [-0.05, 0) is 42.6 Å². The van der Waals surface area contributed by atoms with E-state index in [0.717, 1.165) is 12.0 Å². The molecule has 2 N–H and O–H groups in total. The molecule has 0 aromatic heterocycles. The zero-order valence-electron chi connectivity index (χ0n) is 7.56. The van der Waals surface area contributed by atoms with E-state index >= 15 is 0 Å². The van der Waals surface area contributed by atoms with Gasteiger partial charge in [0, 0.05) is 10.0 Å². The molecular weight excluding hydrogens is 205 g/mol. The summed E-state index contributed by atoms with van der Waals surface area (Å²) in [5.74, 6) is 0.358. The maximum atomic E-state index is 5.88. The van der Waals surface area contributed by atoms with Gasteiger partial charge in [0.25, 0.3) is 0 Å². The summed E-state index contributed by atoms with van der Waals surface area (Å²) in [6, 6.07) is 5.58. The molecule has 0 saturated heterocycles. The van der Waals surface area contributed by atoms with Crippen LogP contribution in [0.2, 0.25) is 10.0 Å². The highest BCUT2D eigenvalue weighted by Gasteiger charge is 2.08. The van der Waals surface area contributed by atoms with Crippen molar-refractivity contribution in [2.24, 2.45) is 5.73 Å². The number of rotatable bonds is 3. The first-order valence-electron chi connectivity index (χ1n) is 4.33. The molecule has 0 heterocycles. The lowest BCUT2D eigenvalue weighted by atomic mass is 9.97. The Balaban J connectivity index is 2.99. The molecule has 1 atom stereocenters. The van der Waals surface area contributed by atoms with E-state index in [2.05, 4.69) is 6.92 Å². The Morgan fingerprint density at radius 1 is 1.23 bits per heavy atom. The first-order valence-corrected chi connectivity index (χ1v) is 5.09. The molecule has 0 saturated carbocycles. The van der Waals surface area contributed by atoms with Gasteiger partial charge in [0.1, 0.15) is 0 Å². The van der Waals surface area contributed by atoms with E-state index in [1.807, 2.05) is 12.1 Å². The fraction of sp³-hybridized carbons (Fsp3) is 0.400. The minimum absolute atomic E-state index is 0.358. The van der Waals surface area contributed by atoms with Gasteiger partial charge in [-0.3, -0.25) is 0 Å². The van der Waals surface area contributed by atoms with Crippen LogP contribution in [0.5, 0.6) is 0 Å². The second kappa shape index (κ2) is 4.85. The van der Waals surface area contributed by atoms with Crippen molar-refractivity contribution in [2.75, 3.05) is 6.54 Å². The minimum Gasteiger partial charge on any atom is -0.330 e. The molecule has 0 spiro atoms. The highest BCUT2D eigenvalue weighted by molar-refractivity contribution is 6.34. The minimum atomic E-state index is 0.358. The summed E-state index contributed by atoms with van der Waals surface area (Å²) in [5, 5.41) is 1.35. The highest BCUT2D eigenvalue weighted by Crippen LogP contribution is 2.25. The second-order valence-electron chi connectivity index (χ2n) is 3.04. The molecule has 72 valence electrons. The Morgan fingerprint density at radius 3 is 2.15 bits per heavy atom. The summed E-state index contributed by atoms with van der Waals surface area (Å²) >= 11 is 11.8. The largest absolute Gasteiger partial charge is 0.330 e. The molecule has 0 amide bonds. The van der Waals surface area contributed by atoms with Gasteiger partial charge in [-0.1, -0.05) is 30.1 Å². The molecule has 1 nitrogen and oxygen atoms in total. The van der Waals surface area contributed by atoms with Crippen LogP contribution in [-0.4, -0.2) is 6.54 Å². The van der Waals surface area contributed by atoms with Crippen molar-refractivity contribution in [3.05, 3.63) is 33.8 Å². The molecule has 1 aromatic rings. The lowest BCUT2D eigenvalue weighted by Crippen LogP contribution is -2.11. The van der Waals surface area contributed by atoms with Gasteiger partial charge in [0.15, 0.2) is 0 Å². The molecule has 0 aliphatic carbocycles. The fourth-order valence-electron chi connectivity index (χ4n) is 1.35. The van der Waals surface area contributed by atoms with Crippen LogP contribution in [0.25, 0.3) is 0 Å². The van der Waals surface area contributed by atoms with Gasteiger partial charge in [-0.25, -0.2) is 0 Å². The summed E-state index contributed by atoms with van der Waals surface area (Å²) < 4.78 is 0. The van der Waals surface area contributed by atoms with E-state index < -0.39 is 0 Å². The fourth-order valence-corrected chi connectivity index (χ4v) is 1.89. The zero-order valence-corrected chi connectivity index (χ0v) is 9.07. The third-order valence-corrected chi connectivity index (χ3v) is 2.57. The maximum absolute atomic E-state index is 5.88. The average molecular weight is 218 g/mol. The number of hydrogen-bond donors (Lipinski definition) is 1. The van der Waals surface area contributed by atoms with E-state index in [0.29, 0.717) is 22.5 Å². The van der Waals surface area contributed by atoms with E-state index in [4.69, 9.17) is 28.9 Å². The Kier molecular flexibility index (Phi) is 4.04. The molecule has 0 aliphatic rings. The molecule has 13 heavy (non-hydrogen) atoms. The Bertz CT molecular complexity index is 262. The lowest BCUT2D eigenvalue weighted by Gasteiger charge is -2.13. The summed E-state index contributed by atoms with van der Waals surface area (Å²) in [6.45, 7) is 2.74. The Labute approximate surface area is 88.8 Å². The van der Waals surface area contributed by atoms with E-state index in [1.165, 1.54) is 0 Å². The summed E-state index contributed by atoms with van der Waals surface area (Å²) in [5.41, 5.74) is 6.76. The van der Waals surface area contributed by atoms with Crippen LogP contribution in [0.3, 0.4) is 0 Å².